The lowest BCUT2D eigenvalue weighted by Gasteiger charge is -2.42. The van der Waals surface area contributed by atoms with Gasteiger partial charge in [0, 0.05) is 56.6 Å². The predicted octanol–water partition coefficient (Wildman–Crippen LogP) is 1.82. The third kappa shape index (κ3) is 2.96. The van der Waals surface area contributed by atoms with E-state index in [9.17, 15) is 4.79 Å². The minimum absolute atomic E-state index is 0.425. The van der Waals surface area contributed by atoms with Crippen LogP contribution < -0.4 is 5.48 Å². The summed E-state index contributed by atoms with van der Waals surface area (Å²) in [6.07, 6.45) is 6.39. The summed E-state index contributed by atoms with van der Waals surface area (Å²) >= 11 is 0. The summed E-state index contributed by atoms with van der Waals surface area (Å²) < 4.78 is 0. The topological polar surface area (TPSA) is 68.7 Å². The van der Waals surface area contributed by atoms with E-state index < -0.39 is 5.91 Å². The second-order valence-corrected chi connectivity index (χ2v) is 8.22. The van der Waals surface area contributed by atoms with Crippen molar-refractivity contribution in [1.82, 2.24) is 20.3 Å². The lowest BCUT2D eigenvalue weighted by molar-refractivity contribution is 0.0704. The van der Waals surface area contributed by atoms with Crippen LogP contribution in [0.25, 0.3) is 0 Å². The first-order chi connectivity index (χ1) is 12.0. The van der Waals surface area contributed by atoms with Crippen LogP contribution in [-0.4, -0.2) is 57.6 Å². The maximum absolute atomic E-state index is 11.6. The van der Waals surface area contributed by atoms with Crippen molar-refractivity contribution < 1.29 is 10.0 Å². The molecule has 1 saturated carbocycles. The fraction of sp³-hybridized carbons (Fsp3) is 0.684. The third-order valence-electron chi connectivity index (χ3n) is 6.52. The maximum atomic E-state index is 11.6. The van der Waals surface area contributed by atoms with Crippen LogP contribution in [0.1, 0.15) is 54.7 Å². The van der Waals surface area contributed by atoms with Crippen molar-refractivity contribution in [3.63, 3.8) is 0 Å². The van der Waals surface area contributed by atoms with Crippen LogP contribution in [-0.2, 0) is 13.0 Å². The van der Waals surface area contributed by atoms with Gasteiger partial charge in [-0.05, 0) is 43.2 Å². The monoisotopic (exact) mass is 344 g/mol. The van der Waals surface area contributed by atoms with Gasteiger partial charge in [0.15, 0.2) is 0 Å². The smallest absolute Gasteiger partial charge is 0.276 e. The molecule has 0 spiro atoms. The van der Waals surface area contributed by atoms with Crippen molar-refractivity contribution in [2.75, 3.05) is 19.6 Å². The first-order valence-corrected chi connectivity index (χ1v) is 9.44. The van der Waals surface area contributed by atoms with E-state index in [1.54, 1.807) is 11.7 Å². The number of rotatable bonds is 5. The average molecular weight is 344 g/mol. The third-order valence-corrected chi connectivity index (χ3v) is 6.52. The van der Waals surface area contributed by atoms with Crippen LogP contribution in [0.5, 0.6) is 0 Å². The highest BCUT2D eigenvalue weighted by atomic mass is 16.5. The summed E-state index contributed by atoms with van der Waals surface area (Å²) in [5.41, 5.74) is 4.80. The number of nitrogens with zero attached hydrogens (tertiary/aromatic N) is 3. The van der Waals surface area contributed by atoms with Crippen LogP contribution in [0.15, 0.2) is 12.3 Å². The Morgan fingerprint density at radius 2 is 2.32 bits per heavy atom. The molecular weight excluding hydrogens is 316 g/mol. The number of fused-ring (bicyclic) bond motifs is 2. The Labute approximate surface area is 149 Å². The Hall–Kier alpha value is -1.50. The largest absolute Gasteiger partial charge is 0.298 e. The second kappa shape index (κ2) is 6.34. The van der Waals surface area contributed by atoms with Gasteiger partial charge in [0.25, 0.3) is 5.91 Å². The van der Waals surface area contributed by atoms with E-state index in [-0.39, 0.29) is 0 Å². The molecule has 1 amide bonds. The number of carbonyl (C=O) groups is 1. The molecule has 2 N–H and O–H groups in total. The molecule has 1 aromatic heterocycles. The van der Waals surface area contributed by atoms with Gasteiger partial charge in [-0.15, -0.1) is 0 Å². The van der Waals surface area contributed by atoms with Gasteiger partial charge in [0.2, 0.25) is 0 Å². The van der Waals surface area contributed by atoms with E-state index in [1.807, 2.05) is 6.07 Å². The van der Waals surface area contributed by atoms with E-state index >= 15 is 0 Å². The number of amides is 1. The average Bonchev–Trinajstić information content (AvgIpc) is 3.15. The zero-order valence-corrected chi connectivity index (χ0v) is 15.2. The number of nitrogens with one attached hydrogen (secondary N) is 1. The van der Waals surface area contributed by atoms with Gasteiger partial charge in [-0.25, -0.2) is 5.48 Å². The summed E-state index contributed by atoms with van der Waals surface area (Å²) in [7, 11) is 0. The molecule has 1 atom stereocenters. The molecular formula is C19H28N4O2. The predicted molar refractivity (Wildman–Crippen MR) is 94.4 cm³/mol. The first kappa shape index (κ1) is 16.9. The summed E-state index contributed by atoms with van der Waals surface area (Å²) in [4.78, 5) is 21.3. The van der Waals surface area contributed by atoms with Crippen molar-refractivity contribution >= 4 is 5.91 Å². The van der Waals surface area contributed by atoms with Gasteiger partial charge >= 0.3 is 0 Å². The molecule has 3 aliphatic heterocycles. The molecule has 5 rings (SSSR count). The molecule has 25 heavy (non-hydrogen) atoms. The first-order valence-electron chi connectivity index (χ1n) is 9.44. The molecule has 0 aromatic carbocycles. The molecule has 6 heteroatoms. The number of hydrogen-bond acceptors (Lipinski definition) is 5. The Morgan fingerprint density at radius 1 is 1.52 bits per heavy atom. The van der Waals surface area contributed by atoms with Crippen LogP contribution >= 0.6 is 0 Å². The molecule has 2 bridgehead atoms. The summed E-state index contributed by atoms with van der Waals surface area (Å²) in [6, 6.07) is 3.37. The highest BCUT2D eigenvalue weighted by Gasteiger charge is 2.56. The van der Waals surface area contributed by atoms with Crippen LogP contribution in [0.4, 0.5) is 0 Å². The van der Waals surface area contributed by atoms with E-state index in [0.29, 0.717) is 17.0 Å². The second-order valence-electron chi connectivity index (χ2n) is 8.22. The minimum atomic E-state index is -0.493. The van der Waals surface area contributed by atoms with E-state index in [0.717, 1.165) is 43.4 Å². The van der Waals surface area contributed by atoms with Crippen LogP contribution in [0.3, 0.4) is 0 Å². The van der Waals surface area contributed by atoms with Gasteiger partial charge in [0.1, 0.15) is 0 Å². The number of aromatic nitrogens is 1. The van der Waals surface area contributed by atoms with E-state index in [1.165, 1.54) is 25.8 Å². The quantitative estimate of drug-likeness (QED) is 0.630. The van der Waals surface area contributed by atoms with Crippen molar-refractivity contribution in [2.45, 2.75) is 58.2 Å². The number of carbonyl (C=O) groups excluding carboxylic acids is 1. The SMILES string of the molecule is CCC(C)N1CC2(CN3CCc4ncc(C(=O)NO)cc4C3)CC1C2. The van der Waals surface area contributed by atoms with E-state index in [2.05, 4.69) is 28.6 Å². The lowest BCUT2D eigenvalue weighted by Crippen LogP contribution is -2.46. The van der Waals surface area contributed by atoms with Gasteiger partial charge < -0.3 is 0 Å². The standard InChI is InChI=1S/C19H28N4O2/c1-3-13(2)23-12-19(7-16(23)8-19)11-22-5-4-17-15(10-22)6-14(9-20-17)18(24)21-25/h6,9,13,16,25H,3-5,7-8,10-12H2,1-2H3,(H,21,24). The molecule has 0 radical (unpaired) electrons. The number of hydrogen-bond donors (Lipinski definition) is 2. The van der Waals surface area contributed by atoms with E-state index in [4.69, 9.17) is 5.21 Å². The van der Waals surface area contributed by atoms with Crippen molar-refractivity contribution in [2.24, 2.45) is 5.41 Å². The van der Waals surface area contributed by atoms with Gasteiger partial charge in [0.05, 0.1) is 5.56 Å². The molecule has 1 unspecified atom stereocenters. The van der Waals surface area contributed by atoms with Crippen molar-refractivity contribution in [1.29, 1.82) is 0 Å². The molecule has 2 saturated heterocycles. The summed E-state index contributed by atoms with van der Waals surface area (Å²) in [5, 5.41) is 8.82. The Morgan fingerprint density at radius 3 is 3.04 bits per heavy atom. The molecule has 6 nitrogen and oxygen atoms in total. The highest BCUT2D eigenvalue weighted by Crippen LogP contribution is 2.53. The van der Waals surface area contributed by atoms with Gasteiger partial charge in [-0.1, -0.05) is 6.92 Å². The van der Waals surface area contributed by atoms with Crippen LogP contribution in [0.2, 0.25) is 0 Å². The summed E-state index contributed by atoms with van der Waals surface area (Å²) in [6.45, 7) is 8.91. The number of hydroxylamine groups is 1. The van der Waals surface area contributed by atoms with Gasteiger partial charge in [-0.2, -0.15) is 0 Å². The zero-order chi connectivity index (χ0) is 17.6. The Balaban J connectivity index is 1.43. The lowest BCUT2D eigenvalue weighted by atomic mass is 9.69. The highest BCUT2D eigenvalue weighted by molar-refractivity contribution is 5.93. The zero-order valence-electron chi connectivity index (χ0n) is 15.2. The molecule has 136 valence electrons. The molecule has 4 aliphatic rings. The number of pyridine rings is 1. The molecule has 3 fully saturated rings. The molecule has 4 heterocycles. The Bertz CT molecular complexity index is 671. The molecule has 1 aromatic rings. The molecule has 1 aliphatic carbocycles. The minimum Gasteiger partial charge on any atom is -0.298 e. The fourth-order valence-electron chi connectivity index (χ4n) is 5.03. The fourth-order valence-corrected chi connectivity index (χ4v) is 5.03. The maximum Gasteiger partial charge on any atom is 0.276 e. The normalized spacial score (nSPS) is 29.8. The summed E-state index contributed by atoms with van der Waals surface area (Å²) in [5.74, 6) is -0.493. The van der Waals surface area contributed by atoms with Gasteiger partial charge in [-0.3, -0.25) is 24.8 Å². The Kier molecular flexibility index (Phi) is 4.30. The van der Waals surface area contributed by atoms with Crippen molar-refractivity contribution in [3.05, 3.63) is 29.1 Å². The van der Waals surface area contributed by atoms with Crippen LogP contribution in [0, 0.1) is 5.41 Å². The van der Waals surface area contributed by atoms with Crippen molar-refractivity contribution in [3.8, 4) is 0 Å².